The van der Waals surface area contributed by atoms with Crippen molar-refractivity contribution >= 4 is 17.6 Å². The van der Waals surface area contributed by atoms with Crippen LogP contribution in [0.2, 0.25) is 0 Å². The molecule has 2 aromatic carbocycles. The van der Waals surface area contributed by atoms with E-state index in [0.717, 1.165) is 11.1 Å². The van der Waals surface area contributed by atoms with E-state index in [9.17, 15) is 9.59 Å². The molecule has 0 fully saturated rings. The van der Waals surface area contributed by atoms with E-state index in [1.54, 1.807) is 24.3 Å². The predicted molar refractivity (Wildman–Crippen MR) is 94.4 cm³/mol. The van der Waals surface area contributed by atoms with Crippen molar-refractivity contribution in [3.63, 3.8) is 0 Å². The summed E-state index contributed by atoms with van der Waals surface area (Å²) < 4.78 is 6.13. The number of methoxy groups -OCH3 is 1. The SMILES string of the molecule is COC(=O)c1ccccc1NC(=O)Cn1nnnc1-c1ccc(C)cc1. The van der Waals surface area contributed by atoms with Crippen LogP contribution in [-0.2, 0) is 16.1 Å². The van der Waals surface area contributed by atoms with Crippen molar-refractivity contribution in [2.24, 2.45) is 0 Å². The number of carbonyl (C=O) groups is 2. The van der Waals surface area contributed by atoms with Crippen LogP contribution in [0.3, 0.4) is 0 Å². The number of esters is 1. The fourth-order valence-electron chi connectivity index (χ4n) is 2.43. The van der Waals surface area contributed by atoms with E-state index in [0.29, 0.717) is 11.5 Å². The van der Waals surface area contributed by atoms with Crippen LogP contribution in [0.15, 0.2) is 48.5 Å². The molecular weight excluding hydrogens is 334 g/mol. The van der Waals surface area contributed by atoms with Crippen LogP contribution in [0, 0.1) is 6.92 Å². The van der Waals surface area contributed by atoms with Gasteiger partial charge in [-0.25, -0.2) is 9.48 Å². The molecule has 3 aromatic rings. The number of ether oxygens (including phenoxy) is 1. The van der Waals surface area contributed by atoms with Crippen molar-refractivity contribution in [1.82, 2.24) is 20.2 Å². The van der Waals surface area contributed by atoms with Crippen LogP contribution in [0.5, 0.6) is 0 Å². The minimum absolute atomic E-state index is 0.0916. The molecule has 0 saturated heterocycles. The summed E-state index contributed by atoms with van der Waals surface area (Å²) in [4.78, 5) is 24.2. The highest BCUT2D eigenvalue weighted by Crippen LogP contribution is 2.18. The average molecular weight is 351 g/mol. The number of anilines is 1. The van der Waals surface area contributed by atoms with E-state index in [1.807, 2.05) is 31.2 Å². The second kappa shape index (κ2) is 7.56. The fourth-order valence-corrected chi connectivity index (χ4v) is 2.43. The minimum Gasteiger partial charge on any atom is -0.465 e. The Morgan fingerprint density at radius 1 is 1.12 bits per heavy atom. The van der Waals surface area contributed by atoms with Crippen LogP contribution >= 0.6 is 0 Å². The number of para-hydroxylation sites is 1. The Labute approximate surface area is 149 Å². The van der Waals surface area contributed by atoms with Crippen molar-refractivity contribution in [3.05, 3.63) is 59.7 Å². The Balaban J connectivity index is 1.77. The van der Waals surface area contributed by atoms with Crippen LogP contribution in [0.1, 0.15) is 15.9 Å². The molecule has 1 heterocycles. The Morgan fingerprint density at radius 2 is 1.85 bits per heavy atom. The van der Waals surface area contributed by atoms with E-state index >= 15 is 0 Å². The zero-order valence-electron chi connectivity index (χ0n) is 14.3. The summed E-state index contributed by atoms with van der Waals surface area (Å²) in [5, 5.41) is 14.2. The molecule has 0 aliphatic carbocycles. The van der Waals surface area contributed by atoms with Gasteiger partial charge in [0.2, 0.25) is 5.91 Å². The van der Waals surface area contributed by atoms with Crippen molar-refractivity contribution in [2.75, 3.05) is 12.4 Å². The molecule has 0 saturated carbocycles. The zero-order valence-corrected chi connectivity index (χ0v) is 14.3. The maximum atomic E-state index is 12.4. The van der Waals surface area contributed by atoms with Gasteiger partial charge < -0.3 is 10.1 Å². The lowest BCUT2D eigenvalue weighted by atomic mass is 10.1. The molecule has 1 aromatic heterocycles. The number of aromatic nitrogens is 4. The molecule has 3 rings (SSSR count). The van der Waals surface area contributed by atoms with Gasteiger partial charge in [0.15, 0.2) is 5.82 Å². The van der Waals surface area contributed by atoms with Crippen LogP contribution in [-0.4, -0.2) is 39.2 Å². The first-order valence-corrected chi connectivity index (χ1v) is 7.89. The number of tetrazole rings is 1. The fraction of sp³-hybridized carbons (Fsp3) is 0.167. The molecule has 8 heteroatoms. The molecule has 1 amide bonds. The van der Waals surface area contributed by atoms with Gasteiger partial charge in [-0.1, -0.05) is 42.0 Å². The smallest absolute Gasteiger partial charge is 0.339 e. The Hall–Kier alpha value is -3.55. The molecule has 1 N–H and O–H groups in total. The Kier molecular flexibility index (Phi) is 5.02. The summed E-state index contributed by atoms with van der Waals surface area (Å²) in [6.45, 7) is 1.89. The van der Waals surface area contributed by atoms with Gasteiger partial charge in [-0.15, -0.1) is 5.10 Å². The van der Waals surface area contributed by atoms with Crippen molar-refractivity contribution in [2.45, 2.75) is 13.5 Å². The second-order valence-corrected chi connectivity index (χ2v) is 5.61. The van der Waals surface area contributed by atoms with Gasteiger partial charge in [-0.2, -0.15) is 0 Å². The number of benzene rings is 2. The normalized spacial score (nSPS) is 10.4. The number of amides is 1. The number of hydrogen-bond donors (Lipinski definition) is 1. The molecule has 0 atom stereocenters. The van der Waals surface area contributed by atoms with Crippen molar-refractivity contribution in [1.29, 1.82) is 0 Å². The lowest BCUT2D eigenvalue weighted by Crippen LogP contribution is -2.21. The summed E-state index contributed by atoms with van der Waals surface area (Å²) >= 11 is 0. The third-order valence-corrected chi connectivity index (χ3v) is 3.74. The van der Waals surface area contributed by atoms with Crippen molar-refractivity contribution in [3.8, 4) is 11.4 Å². The average Bonchev–Trinajstić information content (AvgIpc) is 3.10. The van der Waals surface area contributed by atoms with Crippen LogP contribution < -0.4 is 5.32 Å². The van der Waals surface area contributed by atoms with Crippen LogP contribution in [0.4, 0.5) is 5.69 Å². The number of aryl methyl sites for hydroxylation is 1. The minimum atomic E-state index is -0.524. The summed E-state index contributed by atoms with van der Waals surface area (Å²) in [5.74, 6) is -0.396. The maximum Gasteiger partial charge on any atom is 0.339 e. The van der Waals surface area contributed by atoms with Crippen molar-refractivity contribution < 1.29 is 14.3 Å². The predicted octanol–water partition coefficient (Wildman–Crippen LogP) is 2.07. The molecule has 0 spiro atoms. The molecule has 26 heavy (non-hydrogen) atoms. The molecule has 8 nitrogen and oxygen atoms in total. The van der Waals surface area contributed by atoms with Gasteiger partial charge in [-0.05, 0) is 29.5 Å². The topological polar surface area (TPSA) is 99.0 Å². The maximum absolute atomic E-state index is 12.4. The number of hydrogen-bond acceptors (Lipinski definition) is 6. The highest BCUT2D eigenvalue weighted by atomic mass is 16.5. The third-order valence-electron chi connectivity index (χ3n) is 3.74. The summed E-state index contributed by atoms with van der Waals surface area (Å²) in [6, 6.07) is 14.3. The Bertz CT molecular complexity index is 934. The van der Waals surface area contributed by atoms with Gasteiger partial charge in [0, 0.05) is 5.56 Å². The number of nitrogens with one attached hydrogen (secondary N) is 1. The number of carbonyl (C=O) groups excluding carboxylic acids is 2. The molecule has 0 aliphatic heterocycles. The van der Waals surface area contributed by atoms with E-state index in [2.05, 4.69) is 20.8 Å². The molecule has 0 unspecified atom stereocenters. The lowest BCUT2D eigenvalue weighted by Gasteiger charge is -2.10. The van der Waals surface area contributed by atoms with Gasteiger partial charge in [0.1, 0.15) is 6.54 Å². The van der Waals surface area contributed by atoms with E-state index < -0.39 is 5.97 Å². The van der Waals surface area contributed by atoms with E-state index in [1.165, 1.54) is 11.8 Å². The standard InChI is InChI=1S/C18H17N5O3/c1-12-7-9-13(10-8-12)17-20-21-22-23(17)11-16(24)19-15-6-4-3-5-14(15)18(25)26-2/h3-10H,11H2,1-2H3,(H,19,24). The summed E-state index contributed by atoms with van der Waals surface area (Å²) in [7, 11) is 1.29. The quantitative estimate of drug-likeness (QED) is 0.707. The molecular formula is C18H17N5O3. The van der Waals surface area contributed by atoms with E-state index in [4.69, 9.17) is 4.74 Å². The van der Waals surface area contributed by atoms with Gasteiger partial charge >= 0.3 is 5.97 Å². The van der Waals surface area contributed by atoms with E-state index in [-0.39, 0.29) is 18.0 Å². The monoisotopic (exact) mass is 351 g/mol. The first-order chi connectivity index (χ1) is 12.6. The Morgan fingerprint density at radius 3 is 2.58 bits per heavy atom. The molecule has 132 valence electrons. The molecule has 0 bridgehead atoms. The number of rotatable bonds is 5. The zero-order chi connectivity index (χ0) is 18.5. The van der Waals surface area contributed by atoms with Gasteiger partial charge in [0.25, 0.3) is 0 Å². The number of nitrogens with zero attached hydrogens (tertiary/aromatic N) is 4. The molecule has 0 radical (unpaired) electrons. The summed E-state index contributed by atoms with van der Waals surface area (Å²) in [5.41, 5.74) is 2.57. The summed E-state index contributed by atoms with van der Waals surface area (Å²) in [6.07, 6.45) is 0. The van der Waals surface area contributed by atoms with Gasteiger partial charge in [0.05, 0.1) is 18.4 Å². The molecule has 0 aliphatic rings. The lowest BCUT2D eigenvalue weighted by molar-refractivity contribution is -0.116. The highest BCUT2D eigenvalue weighted by molar-refractivity contribution is 6.01. The second-order valence-electron chi connectivity index (χ2n) is 5.61. The first-order valence-electron chi connectivity index (χ1n) is 7.89. The third kappa shape index (κ3) is 3.75. The highest BCUT2D eigenvalue weighted by Gasteiger charge is 2.16. The first kappa shape index (κ1) is 17.3. The van der Waals surface area contributed by atoms with Crippen LogP contribution in [0.25, 0.3) is 11.4 Å². The van der Waals surface area contributed by atoms with Gasteiger partial charge in [-0.3, -0.25) is 4.79 Å². The largest absolute Gasteiger partial charge is 0.465 e.